The monoisotopic (exact) mass is 214 g/mol. The molecule has 0 aliphatic heterocycles. The zero-order chi connectivity index (χ0) is 10.6. The lowest BCUT2D eigenvalue weighted by Crippen LogP contribution is -1.95. The minimum atomic E-state index is -0.847. The molecule has 0 unspecified atom stereocenters. The number of hydrogen-bond acceptors (Lipinski definition) is 4. The predicted molar refractivity (Wildman–Crippen MR) is 52.7 cm³/mol. The molecule has 0 aromatic heterocycles. The molecule has 1 aromatic carbocycles. The van der Waals surface area contributed by atoms with Crippen molar-refractivity contribution < 1.29 is 20.1 Å². The highest BCUT2D eigenvalue weighted by Crippen LogP contribution is 2.30. The highest BCUT2D eigenvalue weighted by Gasteiger charge is 2.02. The maximum absolute atomic E-state index is 10.2. The number of phenolic OH excluding ortho intramolecular Hbond substituents is 2. The SMILES string of the molecule is O=C(O)CCSc1ccc(O)c(O)c1. The van der Waals surface area contributed by atoms with Crippen molar-refractivity contribution in [1.29, 1.82) is 0 Å². The summed E-state index contributed by atoms with van der Waals surface area (Å²) in [4.78, 5) is 10.9. The number of aliphatic carboxylic acids is 1. The number of hydrogen-bond donors (Lipinski definition) is 3. The van der Waals surface area contributed by atoms with Crippen molar-refractivity contribution in [2.75, 3.05) is 5.75 Å². The zero-order valence-corrected chi connectivity index (χ0v) is 8.12. The average Bonchev–Trinajstić information content (AvgIpc) is 2.10. The highest BCUT2D eigenvalue weighted by atomic mass is 32.2. The topological polar surface area (TPSA) is 77.8 Å². The van der Waals surface area contributed by atoms with Crippen LogP contribution in [0.2, 0.25) is 0 Å². The van der Waals surface area contributed by atoms with E-state index < -0.39 is 5.97 Å². The van der Waals surface area contributed by atoms with Crippen molar-refractivity contribution in [3.8, 4) is 11.5 Å². The minimum absolute atomic E-state index is 0.0757. The van der Waals surface area contributed by atoms with E-state index in [1.165, 1.54) is 23.9 Å². The van der Waals surface area contributed by atoms with Gasteiger partial charge in [0.05, 0.1) is 6.42 Å². The molecule has 0 bridgehead atoms. The third-order valence-corrected chi connectivity index (χ3v) is 2.53. The number of benzene rings is 1. The number of rotatable bonds is 4. The first kappa shape index (κ1) is 10.7. The summed E-state index contributed by atoms with van der Waals surface area (Å²) in [5.74, 6) is -0.766. The van der Waals surface area contributed by atoms with Crippen molar-refractivity contribution in [2.24, 2.45) is 0 Å². The third-order valence-electron chi connectivity index (χ3n) is 1.53. The van der Waals surface area contributed by atoms with Crippen LogP contribution in [0.25, 0.3) is 0 Å². The summed E-state index contributed by atoms with van der Waals surface area (Å²) in [6.45, 7) is 0. The lowest BCUT2D eigenvalue weighted by Gasteiger charge is -2.01. The summed E-state index contributed by atoms with van der Waals surface area (Å²) in [5, 5.41) is 26.5. The molecule has 0 heterocycles. The molecule has 4 nitrogen and oxygen atoms in total. The first-order valence-corrected chi connectivity index (χ1v) is 4.94. The first-order valence-electron chi connectivity index (χ1n) is 3.96. The summed E-state index contributed by atoms with van der Waals surface area (Å²) in [6.07, 6.45) is 0.0757. The van der Waals surface area contributed by atoms with E-state index in [9.17, 15) is 4.79 Å². The van der Waals surface area contributed by atoms with Gasteiger partial charge < -0.3 is 15.3 Å². The summed E-state index contributed by atoms with van der Waals surface area (Å²) < 4.78 is 0. The third kappa shape index (κ3) is 3.18. The molecule has 0 amide bonds. The molecule has 0 fully saturated rings. The Bertz CT molecular complexity index is 338. The van der Waals surface area contributed by atoms with Crippen LogP contribution in [0.3, 0.4) is 0 Å². The molecule has 0 saturated heterocycles. The molecule has 3 N–H and O–H groups in total. The van der Waals surface area contributed by atoms with E-state index >= 15 is 0 Å². The van der Waals surface area contributed by atoms with Crippen LogP contribution >= 0.6 is 11.8 Å². The second-order valence-corrected chi connectivity index (χ2v) is 3.81. The molecular weight excluding hydrogens is 204 g/mol. The van der Waals surface area contributed by atoms with Crippen LogP contribution in [0.5, 0.6) is 11.5 Å². The summed E-state index contributed by atoms with van der Waals surface area (Å²) >= 11 is 1.32. The van der Waals surface area contributed by atoms with Gasteiger partial charge in [-0.1, -0.05) is 0 Å². The fraction of sp³-hybridized carbons (Fsp3) is 0.222. The Labute approximate surface area is 85.2 Å². The quantitative estimate of drug-likeness (QED) is 0.525. The summed E-state index contributed by atoms with van der Waals surface area (Å²) in [6, 6.07) is 4.40. The first-order chi connectivity index (χ1) is 6.59. The van der Waals surface area contributed by atoms with Crippen molar-refractivity contribution in [2.45, 2.75) is 11.3 Å². The maximum atomic E-state index is 10.2. The number of carbonyl (C=O) groups is 1. The largest absolute Gasteiger partial charge is 0.504 e. The van der Waals surface area contributed by atoms with Gasteiger partial charge in [0.25, 0.3) is 0 Å². The Morgan fingerprint density at radius 2 is 2.00 bits per heavy atom. The van der Waals surface area contributed by atoms with Gasteiger partial charge in [-0.15, -0.1) is 11.8 Å². The van der Waals surface area contributed by atoms with Crippen LogP contribution in [0.4, 0.5) is 0 Å². The van der Waals surface area contributed by atoms with Crippen molar-refractivity contribution in [1.82, 2.24) is 0 Å². The number of thioether (sulfide) groups is 1. The van der Waals surface area contributed by atoms with E-state index in [-0.39, 0.29) is 17.9 Å². The Balaban J connectivity index is 2.51. The van der Waals surface area contributed by atoms with E-state index in [0.717, 1.165) is 4.90 Å². The van der Waals surface area contributed by atoms with Crippen LogP contribution in [-0.2, 0) is 4.79 Å². The standard InChI is InChI=1S/C9H10O4S/c10-7-2-1-6(5-8(7)11)14-4-3-9(12)13/h1-2,5,10-11H,3-4H2,(H,12,13). The van der Waals surface area contributed by atoms with Crippen LogP contribution in [-0.4, -0.2) is 27.0 Å². The molecule has 0 radical (unpaired) electrons. The fourth-order valence-electron chi connectivity index (χ4n) is 0.849. The second-order valence-electron chi connectivity index (χ2n) is 2.64. The summed E-state index contributed by atoms with van der Waals surface area (Å²) in [5.41, 5.74) is 0. The smallest absolute Gasteiger partial charge is 0.304 e. The lowest BCUT2D eigenvalue weighted by molar-refractivity contribution is -0.136. The Morgan fingerprint density at radius 1 is 1.29 bits per heavy atom. The number of carboxylic acids is 1. The van der Waals surface area contributed by atoms with Gasteiger partial charge in [-0.2, -0.15) is 0 Å². The lowest BCUT2D eigenvalue weighted by atomic mass is 10.3. The highest BCUT2D eigenvalue weighted by molar-refractivity contribution is 7.99. The van der Waals surface area contributed by atoms with Gasteiger partial charge in [0, 0.05) is 10.6 Å². The van der Waals surface area contributed by atoms with Gasteiger partial charge >= 0.3 is 5.97 Å². The Kier molecular flexibility index (Phi) is 3.64. The van der Waals surface area contributed by atoms with Crippen LogP contribution in [0.15, 0.2) is 23.1 Å². The van der Waals surface area contributed by atoms with E-state index in [0.29, 0.717) is 5.75 Å². The van der Waals surface area contributed by atoms with Crippen molar-refractivity contribution in [3.05, 3.63) is 18.2 Å². The molecule has 76 valence electrons. The molecule has 14 heavy (non-hydrogen) atoms. The minimum Gasteiger partial charge on any atom is -0.504 e. The molecular formula is C9H10O4S. The summed E-state index contributed by atoms with van der Waals surface area (Å²) in [7, 11) is 0. The van der Waals surface area contributed by atoms with Gasteiger partial charge in [0.2, 0.25) is 0 Å². The van der Waals surface area contributed by atoms with E-state index in [1.807, 2.05) is 0 Å². The maximum Gasteiger partial charge on any atom is 0.304 e. The second kappa shape index (κ2) is 4.76. The van der Waals surface area contributed by atoms with E-state index in [2.05, 4.69) is 0 Å². The molecule has 0 spiro atoms. The van der Waals surface area contributed by atoms with Crippen molar-refractivity contribution >= 4 is 17.7 Å². The Hall–Kier alpha value is -1.36. The molecule has 0 saturated carbocycles. The normalized spacial score (nSPS) is 10.0. The molecule has 1 rings (SSSR count). The average molecular weight is 214 g/mol. The fourth-order valence-corrected chi connectivity index (χ4v) is 1.72. The van der Waals surface area contributed by atoms with E-state index in [4.69, 9.17) is 15.3 Å². The number of aromatic hydroxyl groups is 2. The molecule has 5 heteroatoms. The van der Waals surface area contributed by atoms with Crippen LogP contribution < -0.4 is 0 Å². The predicted octanol–water partition coefficient (Wildman–Crippen LogP) is 1.66. The molecule has 1 aromatic rings. The molecule has 0 aliphatic carbocycles. The molecule has 0 aliphatic rings. The Morgan fingerprint density at radius 3 is 2.57 bits per heavy atom. The number of phenols is 2. The molecule has 0 atom stereocenters. The van der Waals surface area contributed by atoms with Gasteiger partial charge in [-0.3, -0.25) is 4.79 Å². The van der Waals surface area contributed by atoms with Crippen LogP contribution in [0, 0.1) is 0 Å². The van der Waals surface area contributed by atoms with Crippen LogP contribution in [0.1, 0.15) is 6.42 Å². The van der Waals surface area contributed by atoms with Crippen molar-refractivity contribution in [3.63, 3.8) is 0 Å². The van der Waals surface area contributed by atoms with Gasteiger partial charge in [0.15, 0.2) is 11.5 Å². The zero-order valence-electron chi connectivity index (χ0n) is 7.30. The van der Waals surface area contributed by atoms with E-state index in [1.54, 1.807) is 6.07 Å². The van der Waals surface area contributed by atoms with Gasteiger partial charge in [-0.25, -0.2) is 0 Å². The number of carboxylic acid groups (broad SMARTS) is 1. The van der Waals surface area contributed by atoms with Gasteiger partial charge in [0.1, 0.15) is 0 Å². The van der Waals surface area contributed by atoms with Gasteiger partial charge in [-0.05, 0) is 18.2 Å².